The summed E-state index contributed by atoms with van der Waals surface area (Å²) in [6, 6.07) is 2.66. The zero-order valence-corrected chi connectivity index (χ0v) is 11.5. The van der Waals surface area contributed by atoms with Crippen molar-refractivity contribution in [2.45, 2.75) is 57.1 Å². The quantitative estimate of drug-likeness (QED) is 0.908. The van der Waals surface area contributed by atoms with Gasteiger partial charge in [0.15, 0.2) is 0 Å². The Balaban J connectivity index is 1.56. The maximum Gasteiger partial charge on any atom is 0.0650 e. The second kappa shape index (κ2) is 6.06. The first kappa shape index (κ1) is 13.1. The van der Waals surface area contributed by atoms with Crippen LogP contribution in [0.3, 0.4) is 0 Å². The molecule has 19 heavy (non-hydrogen) atoms. The van der Waals surface area contributed by atoms with E-state index in [0.29, 0.717) is 18.4 Å². The summed E-state index contributed by atoms with van der Waals surface area (Å²) in [5.74, 6) is 0.380. The summed E-state index contributed by atoms with van der Waals surface area (Å²) in [5, 5.41) is 14.9. The smallest absolute Gasteiger partial charge is 0.0650 e. The van der Waals surface area contributed by atoms with Gasteiger partial charge in [-0.2, -0.15) is 5.10 Å². The minimum atomic E-state index is -0.268. The van der Waals surface area contributed by atoms with Crippen LogP contribution in [-0.2, 0) is 11.2 Å². The second-order valence-electron chi connectivity index (χ2n) is 5.95. The van der Waals surface area contributed by atoms with Gasteiger partial charge in [0, 0.05) is 25.8 Å². The third-order valence-corrected chi connectivity index (χ3v) is 4.59. The van der Waals surface area contributed by atoms with E-state index in [9.17, 15) is 5.11 Å². The highest BCUT2D eigenvalue weighted by molar-refractivity contribution is 5.02. The Morgan fingerprint density at radius 1 is 1.26 bits per heavy atom. The fourth-order valence-corrected chi connectivity index (χ4v) is 3.34. The average Bonchev–Trinajstić information content (AvgIpc) is 3.10. The number of nitrogens with zero attached hydrogens (tertiary/aromatic N) is 2. The minimum absolute atomic E-state index is 0.268. The Labute approximate surface area is 114 Å². The van der Waals surface area contributed by atoms with Gasteiger partial charge in [-0.3, -0.25) is 4.68 Å². The lowest BCUT2D eigenvalue weighted by Crippen LogP contribution is -2.29. The van der Waals surface area contributed by atoms with Crippen LogP contribution in [0.5, 0.6) is 0 Å². The van der Waals surface area contributed by atoms with Crippen molar-refractivity contribution in [1.82, 2.24) is 9.78 Å². The lowest BCUT2D eigenvalue weighted by molar-refractivity contribution is 0.00800. The molecule has 1 unspecified atom stereocenters. The highest BCUT2D eigenvalue weighted by atomic mass is 16.5. The number of rotatable bonds is 4. The molecular formula is C15H24N2O2. The van der Waals surface area contributed by atoms with Crippen molar-refractivity contribution in [2.24, 2.45) is 5.92 Å². The van der Waals surface area contributed by atoms with Gasteiger partial charge in [-0.05, 0) is 37.7 Å². The van der Waals surface area contributed by atoms with Gasteiger partial charge in [-0.25, -0.2) is 0 Å². The molecule has 1 aliphatic carbocycles. The van der Waals surface area contributed by atoms with E-state index in [1.165, 1.54) is 25.7 Å². The fourth-order valence-electron chi connectivity index (χ4n) is 3.34. The number of aromatic nitrogens is 2. The van der Waals surface area contributed by atoms with Gasteiger partial charge in [-0.1, -0.05) is 12.8 Å². The monoisotopic (exact) mass is 264 g/mol. The van der Waals surface area contributed by atoms with Gasteiger partial charge in [0.25, 0.3) is 0 Å². The molecule has 1 aliphatic heterocycles. The summed E-state index contributed by atoms with van der Waals surface area (Å²) >= 11 is 0. The number of hydrogen-bond donors (Lipinski definition) is 1. The molecule has 1 aromatic rings. The van der Waals surface area contributed by atoms with Crippen LogP contribution in [-0.4, -0.2) is 34.2 Å². The second-order valence-corrected chi connectivity index (χ2v) is 5.95. The van der Waals surface area contributed by atoms with Crippen molar-refractivity contribution in [3.8, 4) is 0 Å². The van der Waals surface area contributed by atoms with E-state index in [4.69, 9.17) is 4.74 Å². The van der Waals surface area contributed by atoms with Crippen molar-refractivity contribution < 1.29 is 9.84 Å². The Morgan fingerprint density at radius 2 is 2.00 bits per heavy atom. The predicted octanol–water partition coefficient (Wildman–Crippen LogP) is 2.33. The highest BCUT2D eigenvalue weighted by Gasteiger charge is 2.23. The molecule has 0 spiro atoms. The number of ether oxygens (including phenoxy) is 1. The van der Waals surface area contributed by atoms with E-state index >= 15 is 0 Å². The highest BCUT2D eigenvalue weighted by Crippen LogP contribution is 2.29. The van der Waals surface area contributed by atoms with Crippen LogP contribution in [0.4, 0.5) is 0 Å². The summed E-state index contributed by atoms with van der Waals surface area (Å²) in [5.41, 5.74) is 1.03. The third-order valence-electron chi connectivity index (χ3n) is 4.59. The van der Waals surface area contributed by atoms with Gasteiger partial charge in [0.2, 0.25) is 0 Å². The molecule has 1 saturated heterocycles. The van der Waals surface area contributed by atoms with Crippen LogP contribution >= 0.6 is 0 Å². The van der Waals surface area contributed by atoms with Crippen molar-refractivity contribution >= 4 is 0 Å². The molecule has 3 rings (SSSR count). The van der Waals surface area contributed by atoms with Gasteiger partial charge in [0.1, 0.15) is 0 Å². The normalized spacial score (nSPS) is 23.8. The van der Waals surface area contributed by atoms with Gasteiger partial charge < -0.3 is 9.84 Å². The van der Waals surface area contributed by atoms with Crippen LogP contribution < -0.4 is 0 Å². The van der Waals surface area contributed by atoms with E-state index in [1.807, 2.05) is 0 Å². The number of aliphatic hydroxyl groups excluding tert-OH is 1. The van der Waals surface area contributed by atoms with Crippen molar-refractivity contribution in [3.63, 3.8) is 0 Å². The van der Waals surface area contributed by atoms with Crippen LogP contribution in [0.15, 0.2) is 12.3 Å². The molecule has 1 aromatic heterocycles. The fraction of sp³-hybridized carbons (Fsp3) is 0.800. The molecular weight excluding hydrogens is 240 g/mol. The Kier molecular flexibility index (Phi) is 4.18. The van der Waals surface area contributed by atoms with E-state index in [0.717, 1.165) is 31.7 Å². The number of aliphatic hydroxyl groups is 1. The average molecular weight is 264 g/mol. The molecule has 0 aromatic carbocycles. The molecule has 1 N–H and O–H groups in total. The summed E-state index contributed by atoms with van der Waals surface area (Å²) < 4.78 is 7.45. The van der Waals surface area contributed by atoms with Gasteiger partial charge in [0.05, 0.1) is 17.8 Å². The summed E-state index contributed by atoms with van der Waals surface area (Å²) in [4.78, 5) is 0. The molecule has 4 heteroatoms. The predicted molar refractivity (Wildman–Crippen MR) is 73.0 cm³/mol. The van der Waals surface area contributed by atoms with E-state index in [2.05, 4.69) is 22.0 Å². The molecule has 0 bridgehead atoms. The summed E-state index contributed by atoms with van der Waals surface area (Å²) in [6.45, 7) is 1.58. The first-order valence-corrected chi connectivity index (χ1v) is 7.63. The Morgan fingerprint density at radius 3 is 2.74 bits per heavy atom. The topological polar surface area (TPSA) is 47.3 Å². The first-order chi connectivity index (χ1) is 9.33. The molecule has 2 heterocycles. The SMILES string of the molecule is OC(Cc1ccn(C2CCCC2)n1)C1CCOCC1. The standard InChI is InChI=1S/C15H24N2O2/c18-15(12-6-9-19-10-7-12)11-13-5-8-17(16-13)14-3-1-2-4-14/h5,8,12,14-15,18H,1-4,6-7,9-11H2. The van der Waals surface area contributed by atoms with E-state index < -0.39 is 0 Å². The Hall–Kier alpha value is -0.870. The van der Waals surface area contributed by atoms with Crippen LogP contribution in [0, 0.1) is 5.92 Å². The molecule has 4 nitrogen and oxygen atoms in total. The first-order valence-electron chi connectivity index (χ1n) is 7.63. The van der Waals surface area contributed by atoms with Gasteiger partial charge >= 0.3 is 0 Å². The lowest BCUT2D eigenvalue weighted by Gasteiger charge is -2.26. The summed E-state index contributed by atoms with van der Waals surface area (Å²) in [6.07, 6.45) is 9.61. The van der Waals surface area contributed by atoms with Gasteiger partial charge in [-0.15, -0.1) is 0 Å². The van der Waals surface area contributed by atoms with Crippen LogP contribution in [0.2, 0.25) is 0 Å². The molecule has 1 atom stereocenters. The zero-order valence-electron chi connectivity index (χ0n) is 11.5. The van der Waals surface area contributed by atoms with Crippen molar-refractivity contribution in [1.29, 1.82) is 0 Å². The lowest BCUT2D eigenvalue weighted by atomic mass is 9.91. The maximum absolute atomic E-state index is 10.3. The summed E-state index contributed by atoms with van der Waals surface area (Å²) in [7, 11) is 0. The molecule has 0 radical (unpaired) electrons. The Bertz CT molecular complexity index is 393. The van der Waals surface area contributed by atoms with Crippen molar-refractivity contribution in [2.75, 3.05) is 13.2 Å². The molecule has 2 aliphatic rings. The minimum Gasteiger partial charge on any atom is -0.392 e. The van der Waals surface area contributed by atoms with Crippen LogP contribution in [0.25, 0.3) is 0 Å². The van der Waals surface area contributed by atoms with Crippen molar-refractivity contribution in [3.05, 3.63) is 18.0 Å². The largest absolute Gasteiger partial charge is 0.392 e. The van der Waals surface area contributed by atoms with E-state index in [-0.39, 0.29) is 6.10 Å². The number of hydrogen-bond acceptors (Lipinski definition) is 3. The third kappa shape index (κ3) is 3.18. The molecule has 1 saturated carbocycles. The zero-order chi connectivity index (χ0) is 13.1. The maximum atomic E-state index is 10.3. The van der Waals surface area contributed by atoms with Crippen LogP contribution in [0.1, 0.15) is 50.3 Å². The molecule has 106 valence electrons. The molecule has 0 amide bonds. The van der Waals surface area contributed by atoms with E-state index in [1.54, 1.807) is 0 Å². The molecule has 2 fully saturated rings.